The lowest BCUT2D eigenvalue weighted by Crippen LogP contribution is -2.59. The number of nitrogens with one attached hydrogen (secondary N) is 2. The monoisotopic (exact) mass is 293 g/mol. The Balaban J connectivity index is 2.26. The molecule has 114 valence electrons. The molecule has 0 saturated carbocycles. The molecule has 2 rings (SSSR count). The van der Waals surface area contributed by atoms with E-state index in [9.17, 15) is 14.7 Å². The molecule has 0 aliphatic carbocycles. The number of phenols is 1. The molecule has 1 fully saturated rings. The van der Waals surface area contributed by atoms with Crippen LogP contribution in [-0.2, 0) is 4.79 Å². The molecular formula is C14H19N3O4. The van der Waals surface area contributed by atoms with Crippen LogP contribution < -0.4 is 15.4 Å². The Labute approximate surface area is 122 Å². The van der Waals surface area contributed by atoms with Crippen molar-refractivity contribution < 1.29 is 19.4 Å². The first-order chi connectivity index (χ1) is 10.1. The Morgan fingerprint density at radius 1 is 1.48 bits per heavy atom. The number of carbonyl (C=O) groups is 2. The van der Waals surface area contributed by atoms with Crippen molar-refractivity contribution >= 4 is 11.8 Å². The second-order valence-corrected chi connectivity index (χ2v) is 4.72. The van der Waals surface area contributed by atoms with E-state index in [0.29, 0.717) is 25.4 Å². The van der Waals surface area contributed by atoms with Gasteiger partial charge in [0.2, 0.25) is 5.91 Å². The molecule has 1 saturated heterocycles. The number of methoxy groups -OCH3 is 1. The van der Waals surface area contributed by atoms with Crippen LogP contribution in [0.5, 0.6) is 11.5 Å². The van der Waals surface area contributed by atoms with E-state index >= 15 is 0 Å². The molecule has 7 nitrogen and oxygen atoms in total. The highest BCUT2D eigenvalue weighted by Gasteiger charge is 2.33. The van der Waals surface area contributed by atoms with Gasteiger partial charge in [0.15, 0.2) is 0 Å². The van der Waals surface area contributed by atoms with Crippen molar-refractivity contribution in [2.24, 2.45) is 0 Å². The van der Waals surface area contributed by atoms with Crippen LogP contribution >= 0.6 is 0 Å². The van der Waals surface area contributed by atoms with Crippen molar-refractivity contribution in [3.63, 3.8) is 0 Å². The SMILES string of the molecule is CNC(=O)C1CNCCN1C(=O)c1ccc(OC)cc1O. The topological polar surface area (TPSA) is 90.9 Å². The van der Waals surface area contributed by atoms with Gasteiger partial charge in [-0.1, -0.05) is 0 Å². The molecule has 1 aromatic rings. The number of rotatable bonds is 3. The maximum Gasteiger partial charge on any atom is 0.258 e. The molecular weight excluding hydrogens is 274 g/mol. The van der Waals surface area contributed by atoms with Gasteiger partial charge in [-0.25, -0.2) is 0 Å². The van der Waals surface area contributed by atoms with E-state index in [2.05, 4.69) is 10.6 Å². The van der Waals surface area contributed by atoms with Crippen LogP contribution in [0, 0.1) is 0 Å². The standard InChI is InChI=1S/C14H19N3O4/c1-15-13(19)11-8-16-5-6-17(11)14(20)10-4-3-9(21-2)7-12(10)18/h3-4,7,11,16,18H,5-6,8H2,1-2H3,(H,15,19). The third-order valence-electron chi connectivity index (χ3n) is 3.49. The predicted molar refractivity (Wildman–Crippen MR) is 76.4 cm³/mol. The average molecular weight is 293 g/mol. The number of ether oxygens (including phenoxy) is 1. The van der Waals surface area contributed by atoms with Gasteiger partial charge in [0, 0.05) is 32.7 Å². The Kier molecular flexibility index (Phi) is 4.64. The van der Waals surface area contributed by atoms with Gasteiger partial charge in [-0.3, -0.25) is 9.59 Å². The van der Waals surface area contributed by atoms with E-state index in [4.69, 9.17) is 4.74 Å². The molecule has 0 spiro atoms. The van der Waals surface area contributed by atoms with Crippen LogP contribution in [-0.4, -0.2) is 61.7 Å². The lowest BCUT2D eigenvalue weighted by Gasteiger charge is -2.35. The zero-order valence-electron chi connectivity index (χ0n) is 12.0. The quantitative estimate of drug-likeness (QED) is 0.703. The highest BCUT2D eigenvalue weighted by atomic mass is 16.5. The van der Waals surface area contributed by atoms with Gasteiger partial charge in [0.05, 0.1) is 12.7 Å². The van der Waals surface area contributed by atoms with Gasteiger partial charge in [0.1, 0.15) is 17.5 Å². The fourth-order valence-electron chi connectivity index (χ4n) is 2.32. The lowest BCUT2D eigenvalue weighted by atomic mass is 10.1. The molecule has 1 unspecified atom stereocenters. The lowest BCUT2D eigenvalue weighted by molar-refractivity contribution is -0.125. The van der Waals surface area contributed by atoms with Gasteiger partial charge in [0.25, 0.3) is 5.91 Å². The van der Waals surface area contributed by atoms with Gasteiger partial charge >= 0.3 is 0 Å². The number of phenolic OH excluding ortho intramolecular Hbond substituents is 1. The number of carbonyl (C=O) groups excluding carboxylic acids is 2. The van der Waals surface area contributed by atoms with E-state index in [0.717, 1.165) is 0 Å². The summed E-state index contributed by atoms with van der Waals surface area (Å²) in [6.07, 6.45) is 0. The molecule has 7 heteroatoms. The summed E-state index contributed by atoms with van der Waals surface area (Å²) >= 11 is 0. The van der Waals surface area contributed by atoms with E-state index in [1.807, 2.05) is 0 Å². The number of hydrogen-bond donors (Lipinski definition) is 3. The van der Waals surface area contributed by atoms with Crippen LogP contribution in [0.25, 0.3) is 0 Å². The molecule has 1 aliphatic heterocycles. The summed E-state index contributed by atoms with van der Waals surface area (Å²) in [5, 5.41) is 15.6. The fraction of sp³-hybridized carbons (Fsp3) is 0.429. The number of nitrogens with zero attached hydrogens (tertiary/aromatic N) is 1. The van der Waals surface area contributed by atoms with E-state index < -0.39 is 6.04 Å². The molecule has 1 heterocycles. The van der Waals surface area contributed by atoms with Crippen molar-refractivity contribution in [1.29, 1.82) is 0 Å². The fourth-order valence-corrected chi connectivity index (χ4v) is 2.32. The average Bonchev–Trinajstić information content (AvgIpc) is 2.53. The summed E-state index contributed by atoms with van der Waals surface area (Å²) in [4.78, 5) is 25.9. The summed E-state index contributed by atoms with van der Waals surface area (Å²) in [6.45, 7) is 1.40. The number of aromatic hydroxyl groups is 1. The molecule has 1 atom stereocenters. The summed E-state index contributed by atoms with van der Waals surface area (Å²) in [6, 6.07) is 3.89. The number of piperazine rings is 1. The van der Waals surface area contributed by atoms with Crippen molar-refractivity contribution in [2.75, 3.05) is 33.8 Å². The number of hydrogen-bond acceptors (Lipinski definition) is 5. The number of benzene rings is 1. The van der Waals surface area contributed by atoms with Gasteiger partial charge in [-0.2, -0.15) is 0 Å². The Morgan fingerprint density at radius 3 is 2.86 bits per heavy atom. The Bertz CT molecular complexity index is 547. The zero-order valence-corrected chi connectivity index (χ0v) is 12.0. The minimum Gasteiger partial charge on any atom is -0.507 e. The number of amides is 2. The van der Waals surface area contributed by atoms with E-state index in [1.54, 1.807) is 6.07 Å². The van der Waals surface area contributed by atoms with E-state index in [-0.39, 0.29) is 23.1 Å². The highest BCUT2D eigenvalue weighted by Crippen LogP contribution is 2.25. The third-order valence-corrected chi connectivity index (χ3v) is 3.49. The van der Waals surface area contributed by atoms with Crippen LogP contribution in [0.1, 0.15) is 10.4 Å². The predicted octanol–water partition coefficient (Wildman–Crippen LogP) is -0.439. The van der Waals surface area contributed by atoms with Gasteiger partial charge in [-0.05, 0) is 12.1 Å². The maximum absolute atomic E-state index is 12.6. The van der Waals surface area contributed by atoms with Crippen LogP contribution in [0.15, 0.2) is 18.2 Å². The molecule has 2 amide bonds. The highest BCUT2D eigenvalue weighted by molar-refractivity contribution is 6.00. The third kappa shape index (κ3) is 3.08. The number of likely N-dealkylation sites (N-methyl/N-ethyl adjacent to an activating group) is 1. The Hall–Kier alpha value is -2.28. The van der Waals surface area contributed by atoms with Gasteiger partial charge in [-0.15, -0.1) is 0 Å². The van der Waals surface area contributed by atoms with Gasteiger partial charge < -0.3 is 25.4 Å². The molecule has 0 bridgehead atoms. The largest absolute Gasteiger partial charge is 0.507 e. The first kappa shape index (κ1) is 15.1. The normalized spacial score (nSPS) is 18.2. The molecule has 21 heavy (non-hydrogen) atoms. The van der Waals surface area contributed by atoms with Crippen molar-refractivity contribution in [2.45, 2.75) is 6.04 Å². The zero-order chi connectivity index (χ0) is 15.4. The van der Waals surface area contributed by atoms with Crippen molar-refractivity contribution in [3.05, 3.63) is 23.8 Å². The maximum atomic E-state index is 12.6. The second kappa shape index (κ2) is 6.45. The molecule has 1 aliphatic rings. The minimum absolute atomic E-state index is 0.159. The van der Waals surface area contributed by atoms with Crippen LogP contribution in [0.3, 0.4) is 0 Å². The summed E-state index contributed by atoms with van der Waals surface area (Å²) in [5.41, 5.74) is 0.159. The summed E-state index contributed by atoms with van der Waals surface area (Å²) in [5.74, 6) is -0.297. The minimum atomic E-state index is -0.585. The van der Waals surface area contributed by atoms with Crippen LogP contribution in [0.4, 0.5) is 0 Å². The van der Waals surface area contributed by atoms with Crippen molar-refractivity contribution in [1.82, 2.24) is 15.5 Å². The van der Waals surface area contributed by atoms with Crippen molar-refractivity contribution in [3.8, 4) is 11.5 Å². The first-order valence-corrected chi connectivity index (χ1v) is 6.68. The summed E-state index contributed by atoms with van der Waals surface area (Å²) in [7, 11) is 3.01. The molecule has 1 aromatic carbocycles. The van der Waals surface area contributed by atoms with Crippen LogP contribution in [0.2, 0.25) is 0 Å². The first-order valence-electron chi connectivity index (χ1n) is 6.68. The molecule has 0 aromatic heterocycles. The summed E-state index contributed by atoms with van der Waals surface area (Å²) < 4.78 is 4.99. The molecule has 0 radical (unpaired) electrons. The Morgan fingerprint density at radius 2 is 2.24 bits per heavy atom. The molecule has 3 N–H and O–H groups in total. The van der Waals surface area contributed by atoms with E-state index in [1.165, 1.54) is 31.2 Å². The smallest absolute Gasteiger partial charge is 0.258 e. The second-order valence-electron chi connectivity index (χ2n) is 4.72.